The molecule has 2 aromatic rings. The lowest BCUT2D eigenvalue weighted by atomic mass is 9.89. The van der Waals surface area contributed by atoms with Gasteiger partial charge in [-0.15, -0.1) is 0 Å². The molecular weight excluding hydrogens is 436 g/mol. The maximum absolute atomic E-state index is 6.92. The zero-order chi connectivity index (χ0) is 25.3. The Labute approximate surface area is 206 Å². The van der Waals surface area contributed by atoms with Crippen molar-refractivity contribution >= 4 is 28.3 Å². The number of hydrogen-bond acceptors (Lipinski definition) is 3. The van der Waals surface area contributed by atoms with Crippen LogP contribution >= 0.6 is 0 Å². The summed E-state index contributed by atoms with van der Waals surface area (Å²) < 4.78 is 9.56. The van der Waals surface area contributed by atoms with Crippen molar-refractivity contribution in [3.05, 3.63) is 58.7 Å². The van der Waals surface area contributed by atoms with Crippen LogP contribution in [0.1, 0.15) is 101 Å². The van der Waals surface area contributed by atoms with Gasteiger partial charge in [0.05, 0.1) is 0 Å². The van der Waals surface area contributed by atoms with Crippen LogP contribution in [0.25, 0.3) is 0 Å². The van der Waals surface area contributed by atoms with Crippen LogP contribution in [0, 0.1) is 0 Å². The molecule has 0 saturated carbocycles. The first-order chi connectivity index (χ1) is 15.1. The quantitative estimate of drug-likeness (QED) is 0.362. The molecule has 33 heavy (non-hydrogen) atoms. The standard InChI is InChI=1S/C28H48N2OSi2/c1-19(2)23-15-13-16-24(20(3)4)27(23)30(33(11,12)31-32(9,10)29)28-25(21(5)6)17-14-18-26(28)22(7)8/h13-22H,29H2,1-12H3. The van der Waals surface area contributed by atoms with Gasteiger partial charge in [0.1, 0.15) is 0 Å². The second kappa shape index (κ2) is 10.5. The molecule has 0 radical (unpaired) electrons. The van der Waals surface area contributed by atoms with Gasteiger partial charge in [-0.3, -0.25) is 0 Å². The molecule has 0 bridgehead atoms. The van der Waals surface area contributed by atoms with Crippen LogP contribution in [-0.2, 0) is 4.12 Å². The van der Waals surface area contributed by atoms with Gasteiger partial charge in [0.15, 0.2) is 0 Å². The first-order valence-corrected chi connectivity index (χ1v) is 18.5. The summed E-state index contributed by atoms with van der Waals surface area (Å²) in [7, 11) is -4.77. The van der Waals surface area contributed by atoms with Gasteiger partial charge < -0.3 is 14.1 Å². The zero-order valence-corrected chi connectivity index (χ0v) is 25.2. The fourth-order valence-corrected chi connectivity index (χ4v) is 12.0. The summed E-state index contributed by atoms with van der Waals surface area (Å²) in [5, 5.41) is 6.63. The summed E-state index contributed by atoms with van der Waals surface area (Å²) in [5.41, 5.74) is 8.22. The first kappa shape index (κ1) is 27.8. The Balaban J connectivity index is 3.09. The number of anilines is 2. The largest absolute Gasteiger partial charge is 0.428 e. The highest BCUT2D eigenvalue weighted by molar-refractivity contribution is 6.86. The Morgan fingerprint density at radius 3 is 1.09 bits per heavy atom. The SMILES string of the molecule is CC(C)c1cccc(C(C)C)c1N(c1c(C(C)C)cccc1C(C)C)[Si](C)(C)O[Si](C)(C)N. The predicted octanol–water partition coefficient (Wildman–Crippen LogP) is 8.70. The number of rotatable bonds is 9. The molecule has 0 aliphatic carbocycles. The Bertz CT molecular complexity index is 827. The van der Waals surface area contributed by atoms with Gasteiger partial charge in [0.2, 0.25) is 8.48 Å². The van der Waals surface area contributed by atoms with E-state index in [0.29, 0.717) is 23.7 Å². The lowest BCUT2D eigenvalue weighted by Gasteiger charge is -2.46. The van der Waals surface area contributed by atoms with Crippen LogP contribution in [0.5, 0.6) is 0 Å². The molecule has 2 rings (SSSR count). The monoisotopic (exact) mass is 484 g/mol. The molecule has 2 N–H and O–H groups in total. The van der Waals surface area contributed by atoms with E-state index in [1.807, 2.05) is 0 Å². The van der Waals surface area contributed by atoms with Gasteiger partial charge >= 0.3 is 0 Å². The van der Waals surface area contributed by atoms with Gasteiger partial charge in [-0.2, -0.15) is 0 Å². The summed E-state index contributed by atoms with van der Waals surface area (Å²) in [5.74, 6) is 1.62. The first-order valence-electron chi connectivity index (χ1n) is 12.6. The fraction of sp³-hybridized carbons (Fsp3) is 0.571. The number of benzene rings is 2. The van der Waals surface area contributed by atoms with Crippen molar-refractivity contribution in [2.24, 2.45) is 5.40 Å². The van der Waals surface area contributed by atoms with Gasteiger partial charge in [0.25, 0.3) is 8.48 Å². The minimum Gasteiger partial charge on any atom is -0.428 e. The van der Waals surface area contributed by atoms with Crippen LogP contribution in [0.15, 0.2) is 36.4 Å². The van der Waals surface area contributed by atoms with Crippen molar-refractivity contribution in [3.8, 4) is 0 Å². The maximum atomic E-state index is 6.92. The average molecular weight is 485 g/mol. The summed E-state index contributed by atoms with van der Waals surface area (Å²) in [6.45, 7) is 27.3. The van der Waals surface area contributed by atoms with Crippen molar-refractivity contribution in [2.45, 2.75) is 105 Å². The van der Waals surface area contributed by atoms with Crippen molar-refractivity contribution in [1.29, 1.82) is 0 Å². The molecule has 2 aromatic carbocycles. The molecule has 0 heterocycles. The Kier molecular flexibility index (Phi) is 8.83. The molecule has 0 atom stereocenters. The molecule has 0 aliphatic heterocycles. The number of nitrogens with two attached hydrogens (primary N) is 1. The second-order valence-corrected chi connectivity index (χ2v) is 19.0. The Hall–Kier alpha value is -1.41. The smallest absolute Gasteiger partial charge is 0.289 e. The molecule has 3 nitrogen and oxygen atoms in total. The van der Waals surface area contributed by atoms with E-state index >= 15 is 0 Å². The molecule has 0 unspecified atom stereocenters. The van der Waals surface area contributed by atoms with Gasteiger partial charge in [-0.1, -0.05) is 91.8 Å². The zero-order valence-electron chi connectivity index (χ0n) is 23.2. The summed E-state index contributed by atoms with van der Waals surface area (Å²) in [4.78, 5) is 0. The number of hydrogen-bond donors (Lipinski definition) is 1. The van der Waals surface area contributed by atoms with Gasteiger partial charge in [0, 0.05) is 11.4 Å². The highest BCUT2D eigenvalue weighted by atomic mass is 28.4. The third kappa shape index (κ3) is 6.38. The molecule has 0 fully saturated rings. The molecule has 0 aromatic heterocycles. The van der Waals surface area contributed by atoms with E-state index in [9.17, 15) is 0 Å². The van der Waals surface area contributed by atoms with E-state index in [-0.39, 0.29) is 0 Å². The van der Waals surface area contributed by atoms with Crippen LogP contribution < -0.4 is 9.96 Å². The molecule has 0 aliphatic rings. The third-order valence-electron chi connectivity index (χ3n) is 6.18. The molecule has 0 spiro atoms. The van der Waals surface area contributed by atoms with Gasteiger partial charge in [-0.05, 0) is 72.1 Å². The number of nitrogens with zero attached hydrogens (tertiary/aromatic N) is 1. The van der Waals surface area contributed by atoms with E-state index in [4.69, 9.17) is 9.51 Å². The predicted molar refractivity (Wildman–Crippen MR) is 152 cm³/mol. The van der Waals surface area contributed by atoms with Crippen molar-refractivity contribution in [2.75, 3.05) is 4.57 Å². The van der Waals surface area contributed by atoms with E-state index < -0.39 is 17.0 Å². The Morgan fingerprint density at radius 2 is 0.879 bits per heavy atom. The average Bonchev–Trinajstić information content (AvgIpc) is 2.65. The maximum Gasteiger partial charge on any atom is 0.289 e. The highest BCUT2D eigenvalue weighted by Gasteiger charge is 2.42. The summed E-state index contributed by atoms with van der Waals surface area (Å²) in [6, 6.07) is 13.7. The van der Waals surface area contributed by atoms with Crippen LogP contribution in [-0.4, -0.2) is 17.0 Å². The summed E-state index contributed by atoms with van der Waals surface area (Å²) in [6.07, 6.45) is 0. The van der Waals surface area contributed by atoms with Crippen LogP contribution in [0.2, 0.25) is 26.2 Å². The fourth-order valence-electron chi connectivity index (χ4n) is 4.88. The molecule has 184 valence electrons. The van der Waals surface area contributed by atoms with Crippen LogP contribution in [0.3, 0.4) is 0 Å². The molecule has 0 amide bonds. The third-order valence-corrected chi connectivity index (χ3v) is 11.8. The molecule has 0 saturated heterocycles. The Morgan fingerprint density at radius 1 is 0.606 bits per heavy atom. The summed E-state index contributed by atoms with van der Waals surface area (Å²) >= 11 is 0. The van der Waals surface area contributed by atoms with Crippen molar-refractivity contribution < 1.29 is 4.12 Å². The highest BCUT2D eigenvalue weighted by Crippen LogP contribution is 2.47. The number of para-hydroxylation sites is 2. The van der Waals surface area contributed by atoms with E-state index in [0.717, 1.165) is 0 Å². The molecular formula is C28H48N2OSi2. The normalized spacial score (nSPS) is 13.0. The van der Waals surface area contributed by atoms with Crippen LogP contribution in [0.4, 0.5) is 11.4 Å². The van der Waals surface area contributed by atoms with E-state index in [1.165, 1.54) is 33.6 Å². The topological polar surface area (TPSA) is 38.5 Å². The lowest BCUT2D eigenvalue weighted by Crippen LogP contribution is -2.59. The van der Waals surface area contributed by atoms with E-state index in [2.05, 4.69) is 123 Å². The van der Waals surface area contributed by atoms with Crippen molar-refractivity contribution in [1.82, 2.24) is 0 Å². The van der Waals surface area contributed by atoms with Gasteiger partial charge in [-0.25, -0.2) is 0 Å². The van der Waals surface area contributed by atoms with E-state index in [1.54, 1.807) is 0 Å². The lowest BCUT2D eigenvalue weighted by molar-refractivity contribution is 0.542. The second-order valence-electron chi connectivity index (χ2n) is 11.7. The van der Waals surface area contributed by atoms with Crippen molar-refractivity contribution in [3.63, 3.8) is 0 Å². The minimum absolute atomic E-state index is 0.405. The molecule has 5 heteroatoms. The minimum atomic E-state index is -2.49.